The van der Waals surface area contributed by atoms with E-state index in [-0.39, 0.29) is 17.6 Å². The van der Waals surface area contributed by atoms with Gasteiger partial charge in [-0.2, -0.15) is 28.8 Å². The maximum absolute atomic E-state index is 12.7. The van der Waals surface area contributed by atoms with Crippen molar-refractivity contribution in [3.05, 3.63) is 48.3 Å². The van der Waals surface area contributed by atoms with Crippen LogP contribution in [0.15, 0.2) is 36.8 Å². The number of imidazole rings is 1. The number of aromatic nitrogens is 7. The zero-order valence-electron chi connectivity index (χ0n) is 15.2. The monoisotopic (exact) mass is 401 g/mol. The van der Waals surface area contributed by atoms with Crippen LogP contribution in [0.4, 0.5) is 20.7 Å². The maximum atomic E-state index is 12.7. The van der Waals surface area contributed by atoms with Crippen molar-refractivity contribution in [2.75, 3.05) is 17.7 Å². The molecule has 10 nitrogen and oxygen atoms in total. The van der Waals surface area contributed by atoms with E-state index < -0.39 is 19.2 Å². The van der Waals surface area contributed by atoms with Crippen molar-refractivity contribution in [2.24, 2.45) is 0 Å². The number of hydrogen-bond acceptors (Lipinski definition) is 8. The van der Waals surface area contributed by atoms with Crippen LogP contribution in [-0.2, 0) is 0 Å². The Morgan fingerprint density at radius 3 is 2.76 bits per heavy atom. The fourth-order valence-corrected chi connectivity index (χ4v) is 2.85. The lowest BCUT2D eigenvalue weighted by Gasteiger charge is -2.15. The molecule has 12 heteroatoms. The van der Waals surface area contributed by atoms with E-state index in [0.717, 1.165) is 17.5 Å². The first-order valence-corrected chi connectivity index (χ1v) is 8.61. The molecule has 0 saturated carbocycles. The second-order valence-corrected chi connectivity index (χ2v) is 6.24. The Bertz CT molecular complexity index is 1160. The first-order valence-electron chi connectivity index (χ1n) is 8.61. The molecule has 150 valence electrons. The van der Waals surface area contributed by atoms with E-state index in [0.29, 0.717) is 16.1 Å². The van der Waals surface area contributed by atoms with Gasteiger partial charge in [0.05, 0.1) is 30.1 Å². The third-order valence-electron chi connectivity index (χ3n) is 4.30. The Morgan fingerprint density at radius 1 is 1.21 bits per heavy atom. The first kappa shape index (κ1) is 18.7. The molecule has 0 amide bonds. The molecule has 4 aromatic heterocycles. The van der Waals surface area contributed by atoms with Crippen molar-refractivity contribution in [3.63, 3.8) is 0 Å². The average Bonchev–Trinajstić information content (AvgIpc) is 3.33. The van der Waals surface area contributed by atoms with Gasteiger partial charge in [-0.15, -0.1) is 0 Å². The number of aliphatic hydroxyl groups excluding tert-OH is 1. The molecular formula is C17H17F2N9O. The van der Waals surface area contributed by atoms with Gasteiger partial charge in [0.2, 0.25) is 11.9 Å². The third-order valence-corrected chi connectivity index (χ3v) is 4.30. The summed E-state index contributed by atoms with van der Waals surface area (Å²) in [6.07, 6.45) is 4.70. The van der Waals surface area contributed by atoms with E-state index in [9.17, 15) is 13.9 Å². The molecule has 0 saturated heterocycles. The van der Waals surface area contributed by atoms with Crippen molar-refractivity contribution >= 4 is 17.4 Å². The van der Waals surface area contributed by atoms with Gasteiger partial charge in [0.15, 0.2) is 5.82 Å². The minimum Gasteiger partial charge on any atom is -0.394 e. The molecule has 4 rings (SSSR count). The van der Waals surface area contributed by atoms with Crippen molar-refractivity contribution in [1.82, 2.24) is 34.1 Å². The number of hydrogen-bond donors (Lipinski definition) is 3. The summed E-state index contributed by atoms with van der Waals surface area (Å²) < 4.78 is 27.9. The quantitative estimate of drug-likeness (QED) is 0.446. The average molecular weight is 401 g/mol. The number of halogens is 2. The normalized spacial score (nSPS) is 12.6. The Morgan fingerprint density at radius 2 is 2.03 bits per heavy atom. The summed E-state index contributed by atoms with van der Waals surface area (Å²) in [4.78, 5) is 16.8. The maximum Gasteiger partial charge on any atom is 0.333 e. The van der Waals surface area contributed by atoms with Crippen LogP contribution in [0.5, 0.6) is 0 Å². The minimum absolute atomic E-state index is 0.0326. The lowest BCUT2D eigenvalue weighted by Crippen LogP contribution is -2.18. The number of nitrogens with one attached hydrogen (secondary N) is 1. The van der Waals surface area contributed by atoms with Crippen molar-refractivity contribution in [3.8, 4) is 11.4 Å². The lowest BCUT2D eigenvalue weighted by molar-refractivity contribution is 0.0559. The van der Waals surface area contributed by atoms with Gasteiger partial charge in [0.25, 0.3) is 0 Å². The summed E-state index contributed by atoms with van der Waals surface area (Å²) in [6, 6.07) is 4.27. The van der Waals surface area contributed by atoms with Crippen molar-refractivity contribution in [2.45, 2.75) is 19.5 Å². The highest BCUT2D eigenvalue weighted by molar-refractivity contribution is 5.61. The fourth-order valence-electron chi connectivity index (χ4n) is 2.85. The van der Waals surface area contributed by atoms with Gasteiger partial charge in [-0.05, 0) is 25.1 Å². The number of pyridine rings is 1. The summed E-state index contributed by atoms with van der Waals surface area (Å²) in [5, 5.41) is 16.3. The van der Waals surface area contributed by atoms with Crippen LogP contribution in [0.2, 0.25) is 0 Å². The molecule has 4 aromatic rings. The standard InChI is InChI=1S/C17H17F2N9O/c1-9-21-6-11-3-2-10(7-27(9)11)14-23-16(20)25-17(24-14)22-13(8-29)12-4-5-28(26-12)15(18)19/h2-7,13,15,29H,8H2,1H3,(H3,20,22,23,24,25)/t13-/m0/s1. The molecular weight excluding hydrogens is 384 g/mol. The fraction of sp³-hybridized carbons (Fsp3) is 0.235. The molecule has 0 aromatic carbocycles. The molecule has 29 heavy (non-hydrogen) atoms. The molecule has 0 fully saturated rings. The van der Waals surface area contributed by atoms with Crippen LogP contribution in [-0.4, -0.2) is 45.8 Å². The van der Waals surface area contributed by atoms with E-state index in [1.165, 1.54) is 6.07 Å². The number of aryl methyl sites for hydroxylation is 1. The van der Waals surface area contributed by atoms with Crippen LogP contribution >= 0.6 is 0 Å². The Labute approximate surface area is 163 Å². The second kappa shape index (κ2) is 7.39. The largest absolute Gasteiger partial charge is 0.394 e. The van der Waals surface area contributed by atoms with E-state index in [4.69, 9.17) is 5.73 Å². The molecule has 4 N–H and O–H groups in total. The van der Waals surface area contributed by atoms with Gasteiger partial charge >= 0.3 is 6.55 Å². The number of aliphatic hydroxyl groups is 1. The predicted molar refractivity (Wildman–Crippen MR) is 100 cm³/mol. The van der Waals surface area contributed by atoms with Crippen molar-refractivity contribution < 1.29 is 13.9 Å². The molecule has 0 bridgehead atoms. The van der Waals surface area contributed by atoms with E-state index in [1.807, 2.05) is 29.7 Å². The summed E-state index contributed by atoms with van der Waals surface area (Å²) in [5.74, 6) is 1.16. The topological polar surface area (TPSA) is 132 Å². The number of alkyl halides is 2. The van der Waals surface area contributed by atoms with Gasteiger partial charge in [0, 0.05) is 18.0 Å². The van der Waals surface area contributed by atoms with Crippen molar-refractivity contribution in [1.29, 1.82) is 0 Å². The number of nitrogen functional groups attached to an aromatic ring is 1. The number of anilines is 2. The van der Waals surface area contributed by atoms with Crippen LogP contribution in [0.3, 0.4) is 0 Å². The number of rotatable bonds is 6. The summed E-state index contributed by atoms with van der Waals surface area (Å²) in [5.41, 5.74) is 7.63. The van der Waals surface area contributed by atoms with E-state index in [1.54, 1.807) is 6.20 Å². The number of fused-ring (bicyclic) bond motifs is 1. The Hall–Kier alpha value is -3.67. The second-order valence-electron chi connectivity index (χ2n) is 6.24. The van der Waals surface area contributed by atoms with Gasteiger partial charge < -0.3 is 20.6 Å². The van der Waals surface area contributed by atoms with Crippen LogP contribution < -0.4 is 11.1 Å². The van der Waals surface area contributed by atoms with Crippen LogP contribution in [0.25, 0.3) is 16.9 Å². The van der Waals surface area contributed by atoms with Crippen LogP contribution in [0, 0.1) is 6.92 Å². The van der Waals surface area contributed by atoms with Gasteiger partial charge in [0.1, 0.15) is 5.82 Å². The Kier molecular flexibility index (Phi) is 4.76. The predicted octanol–water partition coefficient (Wildman–Crippen LogP) is 1.81. The molecule has 0 aliphatic rings. The molecule has 1 atom stereocenters. The number of nitrogens with two attached hydrogens (primary N) is 1. The van der Waals surface area contributed by atoms with Gasteiger partial charge in [-0.1, -0.05) is 0 Å². The summed E-state index contributed by atoms with van der Waals surface area (Å²) in [6.45, 7) is -1.32. The zero-order chi connectivity index (χ0) is 20.5. The van der Waals surface area contributed by atoms with Crippen LogP contribution in [0.1, 0.15) is 24.1 Å². The van der Waals surface area contributed by atoms with Gasteiger partial charge in [-0.3, -0.25) is 0 Å². The lowest BCUT2D eigenvalue weighted by atomic mass is 10.2. The molecule has 0 radical (unpaired) electrons. The molecule has 0 aliphatic carbocycles. The first-order chi connectivity index (χ1) is 13.9. The smallest absolute Gasteiger partial charge is 0.333 e. The highest BCUT2D eigenvalue weighted by Gasteiger charge is 2.18. The molecule has 0 aliphatic heterocycles. The molecule has 4 heterocycles. The Balaban J connectivity index is 1.65. The summed E-state index contributed by atoms with van der Waals surface area (Å²) >= 11 is 0. The SMILES string of the molecule is Cc1ncc2ccc(-c3nc(N)nc(N[C@@H](CO)c4ccn(C(F)F)n4)n3)cn12. The highest BCUT2D eigenvalue weighted by Crippen LogP contribution is 2.22. The zero-order valence-corrected chi connectivity index (χ0v) is 15.2. The van der Waals surface area contributed by atoms with Gasteiger partial charge in [-0.25, -0.2) is 9.67 Å². The number of nitrogens with zero attached hydrogens (tertiary/aromatic N) is 7. The third kappa shape index (κ3) is 3.69. The molecule has 0 unspecified atom stereocenters. The molecule has 0 spiro atoms. The van der Waals surface area contributed by atoms with E-state index >= 15 is 0 Å². The van der Waals surface area contributed by atoms with E-state index in [2.05, 4.69) is 30.4 Å². The summed E-state index contributed by atoms with van der Waals surface area (Å²) in [7, 11) is 0. The minimum atomic E-state index is -2.77. The highest BCUT2D eigenvalue weighted by atomic mass is 19.3.